The fourth-order valence-corrected chi connectivity index (χ4v) is 4.14. The number of likely N-dealkylation sites (tertiary alicyclic amines) is 2. The van der Waals surface area contributed by atoms with Crippen LogP contribution in [-0.2, 0) is 0 Å². The lowest BCUT2D eigenvalue weighted by atomic mass is 9.87. The zero-order chi connectivity index (χ0) is 15.9. The van der Waals surface area contributed by atoms with Gasteiger partial charge in [0, 0.05) is 32.7 Å². The summed E-state index contributed by atoms with van der Waals surface area (Å²) in [7, 11) is 2.22. The lowest BCUT2D eigenvalue weighted by molar-refractivity contribution is 0.318. The summed E-state index contributed by atoms with van der Waals surface area (Å²) in [6.45, 7) is 13.6. The van der Waals surface area contributed by atoms with Crippen molar-refractivity contribution in [3.05, 3.63) is 0 Å². The molecule has 0 aromatic rings. The molecule has 0 radical (unpaired) electrons. The summed E-state index contributed by atoms with van der Waals surface area (Å²) in [5.74, 6) is 3.65. The first-order valence-electron chi connectivity index (χ1n) is 9.39. The van der Waals surface area contributed by atoms with Gasteiger partial charge in [0.2, 0.25) is 0 Å². The Morgan fingerprint density at radius 2 is 1.91 bits per heavy atom. The van der Waals surface area contributed by atoms with Crippen LogP contribution in [0.2, 0.25) is 0 Å². The Labute approximate surface area is 137 Å². The van der Waals surface area contributed by atoms with Gasteiger partial charge < -0.3 is 15.1 Å². The van der Waals surface area contributed by atoms with Crippen molar-refractivity contribution < 1.29 is 0 Å². The Kier molecular flexibility index (Phi) is 7.00. The molecule has 4 heteroatoms. The quantitative estimate of drug-likeness (QED) is 0.604. The van der Waals surface area contributed by atoms with Crippen molar-refractivity contribution >= 4 is 5.96 Å². The Hall–Kier alpha value is -0.770. The Bertz CT molecular complexity index is 351. The first-order valence-corrected chi connectivity index (χ1v) is 9.39. The Morgan fingerprint density at radius 1 is 1.14 bits per heavy atom. The van der Waals surface area contributed by atoms with Crippen molar-refractivity contribution in [2.24, 2.45) is 22.7 Å². The first-order chi connectivity index (χ1) is 10.7. The number of guanidine groups is 1. The van der Waals surface area contributed by atoms with Gasteiger partial charge in [-0.3, -0.25) is 4.99 Å². The molecule has 0 aromatic heterocycles. The standard InChI is InChI=1S/C18H36N4/c1-5-16(6-2)17-9-11-22(14-17)18(19-7-3)20-12-15-8-10-21(4)13-15/h15-17H,5-14H2,1-4H3,(H,19,20). The highest BCUT2D eigenvalue weighted by Crippen LogP contribution is 2.28. The Morgan fingerprint density at radius 3 is 2.50 bits per heavy atom. The summed E-state index contributed by atoms with van der Waals surface area (Å²) < 4.78 is 0. The highest BCUT2D eigenvalue weighted by molar-refractivity contribution is 5.80. The van der Waals surface area contributed by atoms with E-state index in [0.717, 1.165) is 36.8 Å². The predicted octanol–water partition coefficient (Wildman–Crippen LogP) is 2.66. The van der Waals surface area contributed by atoms with Gasteiger partial charge in [0.1, 0.15) is 0 Å². The lowest BCUT2D eigenvalue weighted by Crippen LogP contribution is -2.40. The third-order valence-electron chi connectivity index (χ3n) is 5.56. The monoisotopic (exact) mass is 308 g/mol. The number of nitrogens with zero attached hydrogens (tertiary/aromatic N) is 3. The highest BCUT2D eigenvalue weighted by Gasteiger charge is 2.29. The van der Waals surface area contributed by atoms with E-state index in [-0.39, 0.29) is 0 Å². The van der Waals surface area contributed by atoms with Crippen molar-refractivity contribution in [1.29, 1.82) is 0 Å². The normalized spacial score (nSPS) is 27.1. The second-order valence-electron chi connectivity index (χ2n) is 7.18. The SMILES string of the molecule is CCNC(=NCC1CCN(C)C1)N1CCC(C(CC)CC)C1. The van der Waals surface area contributed by atoms with E-state index in [1.807, 2.05) is 0 Å². The van der Waals surface area contributed by atoms with Gasteiger partial charge in [-0.15, -0.1) is 0 Å². The average molecular weight is 309 g/mol. The minimum absolute atomic E-state index is 0.746. The zero-order valence-electron chi connectivity index (χ0n) is 15.1. The minimum atomic E-state index is 0.746. The molecule has 4 nitrogen and oxygen atoms in total. The molecule has 2 aliphatic rings. The van der Waals surface area contributed by atoms with E-state index < -0.39 is 0 Å². The van der Waals surface area contributed by atoms with E-state index in [9.17, 15) is 0 Å². The zero-order valence-corrected chi connectivity index (χ0v) is 15.1. The molecule has 0 aromatic carbocycles. The van der Waals surface area contributed by atoms with Gasteiger partial charge in [0.25, 0.3) is 0 Å². The molecule has 2 heterocycles. The maximum atomic E-state index is 4.96. The van der Waals surface area contributed by atoms with E-state index >= 15 is 0 Å². The smallest absolute Gasteiger partial charge is 0.193 e. The van der Waals surface area contributed by atoms with Gasteiger partial charge in [-0.05, 0) is 51.1 Å². The number of hydrogen-bond donors (Lipinski definition) is 1. The number of rotatable bonds is 6. The van der Waals surface area contributed by atoms with Crippen LogP contribution in [0.15, 0.2) is 4.99 Å². The lowest BCUT2D eigenvalue weighted by Gasteiger charge is -2.24. The molecule has 2 aliphatic heterocycles. The van der Waals surface area contributed by atoms with E-state index in [1.54, 1.807) is 0 Å². The summed E-state index contributed by atoms with van der Waals surface area (Å²) in [4.78, 5) is 9.89. The van der Waals surface area contributed by atoms with Crippen LogP contribution >= 0.6 is 0 Å². The third kappa shape index (κ3) is 4.61. The maximum Gasteiger partial charge on any atom is 0.193 e. The molecule has 2 atom stereocenters. The van der Waals surface area contributed by atoms with Crippen LogP contribution < -0.4 is 5.32 Å². The summed E-state index contributed by atoms with van der Waals surface area (Å²) >= 11 is 0. The molecule has 2 rings (SSSR count). The molecule has 128 valence electrons. The van der Waals surface area contributed by atoms with Crippen molar-refractivity contribution in [1.82, 2.24) is 15.1 Å². The van der Waals surface area contributed by atoms with Gasteiger partial charge >= 0.3 is 0 Å². The summed E-state index contributed by atoms with van der Waals surface area (Å²) in [5.41, 5.74) is 0. The molecule has 0 aliphatic carbocycles. The van der Waals surface area contributed by atoms with Gasteiger partial charge in [0.15, 0.2) is 5.96 Å². The van der Waals surface area contributed by atoms with Gasteiger partial charge in [-0.1, -0.05) is 26.7 Å². The molecule has 2 saturated heterocycles. The van der Waals surface area contributed by atoms with E-state index in [2.05, 4.69) is 42.9 Å². The maximum absolute atomic E-state index is 4.96. The average Bonchev–Trinajstić information content (AvgIpc) is 3.14. The van der Waals surface area contributed by atoms with Crippen LogP contribution in [0, 0.1) is 17.8 Å². The molecule has 2 fully saturated rings. The van der Waals surface area contributed by atoms with Crippen LogP contribution in [0.4, 0.5) is 0 Å². The molecular formula is C18H36N4. The highest BCUT2D eigenvalue weighted by atomic mass is 15.3. The molecule has 0 bridgehead atoms. The van der Waals surface area contributed by atoms with Crippen molar-refractivity contribution in [2.75, 3.05) is 46.3 Å². The van der Waals surface area contributed by atoms with E-state index in [4.69, 9.17) is 4.99 Å². The molecule has 1 N–H and O–H groups in total. The number of aliphatic imine (C=N–C) groups is 1. The van der Waals surface area contributed by atoms with Crippen LogP contribution in [-0.4, -0.2) is 62.1 Å². The van der Waals surface area contributed by atoms with Gasteiger partial charge in [0.05, 0.1) is 0 Å². The largest absolute Gasteiger partial charge is 0.357 e. The molecule has 0 amide bonds. The fraction of sp³-hybridized carbons (Fsp3) is 0.944. The van der Waals surface area contributed by atoms with Gasteiger partial charge in [-0.25, -0.2) is 0 Å². The summed E-state index contributed by atoms with van der Waals surface area (Å²) in [6.07, 6.45) is 5.27. The molecule has 2 unspecified atom stereocenters. The molecule has 0 spiro atoms. The van der Waals surface area contributed by atoms with Crippen molar-refractivity contribution in [3.63, 3.8) is 0 Å². The van der Waals surface area contributed by atoms with Crippen LogP contribution in [0.5, 0.6) is 0 Å². The second-order valence-corrected chi connectivity index (χ2v) is 7.18. The van der Waals surface area contributed by atoms with E-state index in [1.165, 1.54) is 51.9 Å². The topological polar surface area (TPSA) is 30.9 Å². The van der Waals surface area contributed by atoms with Gasteiger partial charge in [-0.2, -0.15) is 0 Å². The summed E-state index contributed by atoms with van der Waals surface area (Å²) in [6, 6.07) is 0. The van der Waals surface area contributed by atoms with Crippen molar-refractivity contribution in [2.45, 2.75) is 46.5 Å². The molecule has 22 heavy (non-hydrogen) atoms. The number of hydrogen-bond acceptors (Lipinski definition) is 2. The van der Waals surface area contributed by atoms with E-state index in [0.29, 0.717) is 0 Å². The summed E-state index contributed by atoms with van der Waals surface area (Å²) in [5, 5.41) is 3.52. The molecule has 0 saturated carbocycles. The van der Waals surface area contributed by atoms with Crippen molar-refractivity contribution in [3.8, 4) is 0 Å². The first kappa shape index (κ1) is 17.6. The third-order valence-corrected chi connectivity index (χ3v) is 5.56. The van der Waals surface area contributed by atoms with Crippen LogP contribution in [0.3, 0.4) is 0 Å². The Balaban J connectivity index is 1.90. The van der Waals surface area contributed by atoms with Crippen LogP contribution in [0.25, 0.3) is 0 Å². The number of nitrogens with one attached hydrogen (secondary N) is 1. The second kappa shape index (κ2) is 8.76. The fourth-order valence-electron chi connectivity index (χ4n) is 4.14. The molecular weight excluding hydrogens is 272 g/mol. The minimum Gasteiger partial charge on any atom is -0.357 e. The van der Waals surface area contributed by atoms with Crippen LogP contribution in [0.1, 0.15) is 46.5 Å². The predicted molar refractivity (Wildman–Crippen MR) is 95.3 cm³/mol.